The summed E-state index contributed by atoms with van der Waals surface area (Å²) in [7, 11) is 1.61. The van der Waals surface area contributed by atoms with Gasteiger partial charge in [0.05, 0.1) is 30.6 Å². The number of methoxy groups -OCH3 is 1. The number of benzene rings is 1. The van der Waals surface area contributed by atoms with E-state index in [1.807, 2.05) is 26.1 Å². The minimum absolute atomic E-state index is 0.551. The third kappa shape index (κ3) is 2.69. The molecule has 2 heterocycles. The van der Waals surface area contributed by atoms with E-state index in [0.717, 1.165) is 28.3 Å². The van der Waals surface area contributed by atoms with Gasteiger partial charge in [0.2, 0.25) is 0 Å². The summed E-state index contributed by atoms with van der Waals surface area (Å²) in [5, 5.41) is 12.9. The molecule has 3 aromatic rings. The van der Waals surface area contributed by atoms with Crippen LogP contribution in [-0.2, 0) is 6.54 Å². The Morgan fingerprint density at radius 1 is 1.32 bits per heavy atom. The molecule has 0 saturated carbocycles. The summed E-state index contributed by atoms with van der Waals surface area (Å²) in [5.74, 6) is 1.51. The van der Waals surface area contributed by atoms with Crippen LogP contribution in [-0.4, -0.2) is 27.3 Å². The first-order chi connectivity index (χ1) is 10.6. The first-order valence-corrected chi connectivity index (χ1v) is 7.12. The lowest BCUT2D eigenvalue weighted by atomic mass is 10.1. The Kier molecular flexibility index (Phi) is 3.85. The zero-order chi connectivity index (χ0) is 15.7. The summed E-state index contributed by atoms with van der Waals surface area (Å²) in [6.45, 7) is 4.34. The quantitative estimate of drug-likeness (QED) is 0.738. The molecule has 1 aromatic carbocycles. The fourth-order valence-corrected chi connectivity index (χ4v) is 2.43. The molecule has 7 heteroatoms. The van der Waals surface area contributed by atoms with Crippen molar-refractivity contribution < 1.29 is 9.26 Å². The van der Waals surface area contributed by atoms with Gasteiger partial charge in [0.25, 0.3) is 0 Å². The Hall–Kier alpha value is -2.34. The molecule has 0 saturated heterocycles. The van der Waals surface area contributed by atoms with Gasteiger partial charge in [-0.2, -0.15) is 0 Å². The number of halogens is 1. The molecule has 3 rings (SSSR count). The Morgan fingerprint density at radius 2 is 2.14 bits per heavy atom. The predicted molar refractivity (Wildman–Crippen MR) is 82.1 cm³/mol. The van der Waals surface area contributed by atoms with Gasteiger partial charge < -0.3 is 9.26 Å². The van der Waals surface area contributed by atoms with Gasteiger partial charge in [-0.25, -0.2) is 4.68 Å². The third-order valence-corrected chi connectivity index (χ3v) is 3.82. The van der Waals surface area contributed by atoms with Crippen molar-refractivity contribution in [2.45, 2.75) is 20.4 Å². The molecule has 2 aromatic heterocycles. The minimum Gasteiger partial charge on any atom is -0.497 e. The van der Waals surface area contributed by atoms with E-state index in [-0.39, 0.29) is 0 Å². The number of nitrogens with zero attached hydrogens (tertiary/aromatic N) is 4. The fourth-order valence-electron chi connectivity index (χ4n) is 2.22. The van der Waals surface area contributed by atoms with E-state index < -0.39 is 0 Å². The number of rotatable bonds is 4. The molecule has 0 atom stereocenters. The van der Waals surface area contributed by atoms with Crippen LogP contribution in [0.3, 0.4) is 0 Å². The van der Waals surface area contributed by atoms with Crippen molar-refractivity contribution >= 4 is 11.6 Å². The molecular weight excluding hydrogens is 304 g/mol. The topological polar surface area (TPSA) is 66.0 Å². The lowest BCUT2D eigenvalue weighted by Gasteiger charge is -2.04. The molecule has 0 radical (unpaired) electrons. The summed E-state index contributed by atoms with van der Waals surface area (Å²) >= 11 is 6.23. The largest absolute Gasteiger partial charge is 0.497 e. The van der Waals surface area contributed by atoms with Crippen molar-refractivity contribution in [2.24, 2.45) is 0 Å². The van der Waals surface area contributed by atoms with Crippen LogP contribution in [0.15, 0.2) is 28.9 Å². The van der Waals surface area contributed by atoms with Crippen LogP contribution in [0.5, 0.6) is 5.75 Å². The predicted octanol–water partition coefficient (Wildman–Crippen LogP) is 3.26. The number of hydrogen-bond donors (Lipinski definition) is 0. The highest BCUT2D eigenvalue weighted by molar-refractivity contribution is 6.33. The summed E-state index contributed by atoms with van der Waals surface area (Å²) in [6, 6.07) is 5.43. The second-order valence-electron chi connectivity index (χ2n) is 4.95. The van der Waals surface area contributed by atoms with Crippen LogP contribution in [0.1, 0.15) is 17.0 Å². The monoisotopic (exact) mass is 318 g/mol. The molecule has 0 aliphatic carbocycles. The molecular formula is C15H15ClN4O2. The molecule has 0 amide bonds. The molecule has 0 spiro atoms. The van der Waals surface area contributed by atoms with Crippen molar-refractivity contribution in [2.75, 3.05) is 7.11 Å². The maximum Gasteiger partial charge on any atom is 0.138 e. The Morgan fingerprint density at radius 3 is 2.82 bits per heavy atom. The van der Waals surface area contributed by atoms with E-state index in [4.69, 9.17) is 20.9 Å². The Labute approximate surface area is 132 Å². The summed E-state index contributed by atoms with van der Waals surface area (Å²) in [6.07, 6.45) is 1.84. The third-order valence-electron chi connectivity index (χ3n) is 3.49. The highest BCUT2D eigenvalue weighted by atomic mass is 35.5. The molecule has 0 fully saturated rings. The molecule has 0 N–H and O–H groups in total. The lowest BCUT2D eigenvalue weighted by molar-refractivity contribution is 0.391. The SMILES string of the molecule is COc1ccc(Cl)c(-c2cn(Cc3c(C)noc3C)nn2)c1. The van der Waals surface area contributed by atoms with Gasteiger partial charge in [-0.1, -0.05) is 22.0 Å². The normalized spacial score (nSPS) is 10.9. The van der Waals surface area contributed by atoms with Crippen LogP contribution in [0.2, 0.25) is 5.02 Å². The van der Waals surface area contributed by atoms with E-state index in [1.54, 1.807) is 23.9 Å². The van der Waals surface area contributed by atoms with Crippen molar-refractivity contribution in [3.63, 3.8) is 0 Å². The Balaban J connectivity index is 1.91. The molecule has 0 aliphatic rings. The number of aromatic nitrogens is 4. The van der Waals surface area contributed by atoms with Crippen LogP contribution < -0.4 is 4.74 Å². The van der Waals surface area contributed by atoms with Crippen molar-refractivity contribution in [3.05, 3.63) is 46.4 Å². The van der Waals surface area contributed by atoms with Gasteiger partial charge in [0.15, 0.2) is 0 Å². The van der Waals surface area contributed by atoms with Gasteiger partial charge in [-0.3, -0.25) is 0 Å². The molecule has 114 valence electrons. The lowest BCUT2D eigenvalue weighted by Crippen LogP contribution is -2.02. The average molecular weight is 319 g/mol. The van der Waals surface area contributed by atoms with E-state index in [1.165, 1.54) is 0 Å². The molecule has 0 aliphatic heterocycles. The van der Waals surface area contributed by atoms with Gasteiger partial charge in [0.1, 0.15) is 17.2 Å². The fraction of sp³-hybridized carbons (Fsp3) is 0.267. The van der Waals surface area contributed by atoms with Gasteiger partial charge in [-0.05, 0) is 32.0 Å². The molecule has 0 unspecified atom stereocenters. The first-order valence-electron chi connectivity index (χ1n) is 6.74. The number of hydrogen-bond acceptors (Lipinski definition) is 5. The molecule has 0 bridgehead atoms. The second kappa shape index (κ2) is 5.81. The second-order valence-corrected chi connectivity index (χ2v) is 5.36. The summed E-state index contributed by atoms with van der Waals surface area (Å²) in [5.41, 5.74) is 3.34. The van der Waals surface area contributed by atoms with Crippen molar-refractivity contribution in [1.82, 2.24) is 20.2 Å². The number of ether oxygens (including phenoxy) is 1. The van der Waals surface area contributed by atoms with E-state index in [2.05, 4.69) is 15.5 Å². The zero-order valence-electron chi connectivity index (χ0n) is 12.5. The maximum absolute atomic E-state index is 6.23. The van der Waals surface area contributed by atoms with Gasteiger partial charge in [-0.15, -0.1) is 5.10 Å². The number of aryl methyl sites for hydroxylation is 2. The van der Waals surface area contributed by atoms with E-state index in [9.17, 15) is 0 Å². The minimum atomic E-state index is 0.551. The average Bonchev–Trinajstić information content (AvgIpc) is 3.10. The zero-order valence-corrected chi connectivity index (χ0v) is 13.3. The van der Waals surface area contributed by atoms with Crippen LogP contribution in [0, 0.1) is 13.8 Å². The van der Waals surface area contributed by atoms with Crippen LogP contribution in [0.25, 0.3) is 11.3 Å². The molecule has 22 heavy (non-hydrogen) atoms. The summed E-state index contributed by atoms with van der Waals surface area (Å²) in [4.78, 5) is 0. The van der Waals surface area contributed by atoms with Crippen molar-refractivity contribution in [3.8, 4) is 17.0 Å². The standard InChI is InChI=1S/C15H15ClN4O2/c1-9-13(10(2)22-18-9)7-20-8-15(17-19-20)12-6-11(21-3)4-5-14(12)16/h4-6,8H,7H2,1-3H3. The molecule has 6 nitrogen and oxygen atoms in total. The van der Waals surface area contributed by atoms with Gasteiger partial charge >= 0.3 is 0 Å². The van der Waals surface area contributed by atoms with Gasteiger partial charge in [0, 0.05) is 11.1 Å². The smallest absolute Gasteiger partial charge is 0.138 e. The van der Waals surface area contributed by atoms with Crippen LogP contribution in [0.4, 0.5) is 0 Å². The Bertz CT molecular complexity index is 790. The first kappa shape index (κ1) is 14.6. The van der Waals surface area contributed by atoms with Crippen LogP contribution >= 0.6 is 11.6 Å². The maximum atomic E-state index is 6.23. The summed E-state index contributed by atoms with van der Waals surface area (Å²) < 4.78 is 12.1. The highest BCUT2D eigenvalue weighted by Gasteiger charge is 2.13. The van der Waals surface area contributed by atoms with E-state index >= 15 is 0 Å². The van der Waals surface area contributed by atoms with E-state index in [0.29, 0.717) is 17.3 Å². The van der Waals surface area contributed by atoms with Crippen molar-refractivity contribution in [1.29, 1.82) is 0 Å². The highest BCUT2D eigenvalue weighted by Crippen LogP contribution is 2.30.